The monoisotopic (exact) mass is 590 g/mol. The molecule has 1 aliphatic rings. The summed E-state index contributed by atoms with van der Waals surface area (Å²) in [7, 11) is 1.43. The molecule has 3 rings (SSSR count). The lowest BCUT2D eigenvalue weighted by Gasteiger charge is -2.32. The summed E-state index contributed by atoms with van der Waals surface area (Å²) >= 11 is 0. The Morgan fingerprint density at radius 2 is 1.76 bits per heavy atom. The van der Waals surface area contributed by atoms with Crippen molar-refractivity contribution < 1.29 is 24.2 Å². The first-order chi connectivity index (χ1) is 19.0. The molecule has 1 unspecified atom stereocenters. The number of β-amino-alcohol motifs (C(OH)–C–C–N with tert-alkyl or cyclic N) is 1. The number of methoxy groups -OCH3 is 1. The van der Waals surface area contributed by atoms with Crippen LogP contribution in [0.15, 0.2) is 42.5 Å². The van der Waals surface area contributed by atoms with E-state index in [4.69, 9.17) is 4.74 Å². The van der Waals surface area contributed by atoms with Crippen LogP contribution in [0.2, 0.25) is 0 Å². The van der Waals surface area contributed by atoms with Crippen molar-refractivity contribution in [2.24, 2.45) is 5.92 Å². The van der Waals surface area contributed by atoms with Gasteiger partial charge in [0, 0.05) is 33.0 Å². The maximum Gasteiger partial charge on any atom is 0.254 e. The largest absolute Gasteiger partial charge is 0.391 e. The lowest BCUT2D eigenvalue weighted by molar-refractivity contribution is -0.154. The number of aliphatic hydroxyl groups is 1. The second-order valence-electron chi connectivity index (χ2n) is 11.6. The second-order valence-corrected chi connectivity index (χ2v) is 11.6. The number of carbonyl (C=O) groups is 3. The van der Waals surface area contributed by atoms with Crippen molar-refractivity contribution in [1.82, 2.24) is 20.9 Å². The van der Waals surface area contributed by atoms with Gasteiger partial charge in [-0.2, -0.15) is 0 Å². The standard InChI is InChI=1S/C31H46N4O5.ClH/c1-21(2)19-32-14-8-9-15-33-28(37)26(17-22-12-13-23-10-6-7-11-24(23)16-22)34-29(38)27-18-25(36)20-35(27)30(39)31(3,4)40-5;/h6-7,10-13,16,21,25-27,32,36H,8-9,14-15,17-20H2,1-5H3,(H,33,37)(H,34,38);1H/t25-,26-,27?;/m1./s1. The maximum absolute atomic E-state index is 13.5. The number of amides is 3. The van der Waals surface area contributed by atoms with Crippen molar-refractivity contribution in [2.75, 3.05) is 33.3 Å². The minimum Gasteiger partial charge on any atom is -0.391 e. The third-order valence-electron chi connectivity index (χ3n) is 7.39. The molecule has 2 aromatic rings. The molecule has 1 fully saturated rings. The molecule has 3 amide bonds. The smallest absolute Gasteiger partial charge is 0.254 e. The Bertz CT molecular complexity index is 1160. The second kappa shape index (κ2) is 16.1. The zero-order chi connectivity index (χ0) is 29.3. The fourth-order valence-electron chi connectivity index (χ4n) is 4.90. The van der Waals surface area contributed by atoms with Gasteiger partial charge in [0.05, 0.1) is 6.10 Å². The SMILES string of the molecule is COC(C)(C)C(=O)N1C[C@H](O)CC1C(=O)N[C@H](Cc1ccc2ccccc2c1)C(=O)NCCCCNCC(C)C.Cl. The number of rotatable bonds is 14. The van der Waals surface area contributed by atoms with E-state index in [2.05, 4.69) is 29.8 Å². The molecule has 3 atom stereocenters. The predicted molar refractivity (Wildman–Crippen MR) is 164 cm³/mol. The first kappa shape index (κ1) is 34.5. The van der Waals surface area contributed by atoms with E-state index in [9.17, 15) is 19.5 Å². The number of aliphatic hydroxyl groups excluding tert-OH is 1. The van der Waals surface area contributed by atoms with Crippen molar-refractivity contribution >= 4 is 40.9 Å². The summed E-state index contributed by atoms with van der Waals surface area (Å²) in [6, 6.07) is 12.3. The van der Waals surface area contributed by atoms with E-state index >= 15 is 0 Å². The first-order valence-corrected chi connectivity index (χ1v) is 14.3. The van der Waals surface area contributed by atoms with Crippen LogP contribution in [-0.2, 0) is 25.5 Å². The number of hydrogen-bond acceptors (Lipinski definition) is 6. The lowest BCUT2D eigenvalue weighted by atomic mass is 10.0. The Morgan fingerprint density at radius 1 is 1.07 bits per heavy atom. The van der Waals surface area contributed by atoms with Crippen molar-refractivity contribution in [3.63, 3.8) is 0 Å². The molecule has 0 aliphatic carbocycles. The highest BCUT2D eigenvalue weighted by Gasteiger charge is 2.44. The van der Waals surface area contributed by atoms with Crippen LogP contribution in [0.25, 0.3) is 10.8 Å². The molecule has 41 heavy (non-hydrogen) atoms. The normalized spacial score (nSPS) is 17.8. The zero-order valence-electron chi connectivity index (χ0n) is 24.9. The number of unbranched alkanes of at least 4 members (excludes halogenated alkanes) is 1. The summed E-state index contributed by atoms with van der Waals surface area (Å²) in [4.78, 5) is 41.3. The molecule has 10 heteroatoms. The fourth-order valence-corrected chi connectivity index (χ4v) is 4.90. The van der Waals surface area contributed by atoms with Gasteiger partial charge < -0.3 is 30.7 Å². The minimum atomic E-state index is -1.14. The molecule has 4 N–H and O–H groups in total. The third-order valence-corrected chi connectivity index (χ3v) is 7.39. The molecule has 228 valence electrons. The van der Waals surface area contributed by atoms with E-state index in [0.29, 0.717) is 18.9 Å². The van der Waals surface area contributed by atoms with Crippen LogP contribution in [0.3, 0.4) is 0 Å². The van der Waals surface area contributed by atoms with Crippen LogP contribution < -0.4 is 16.0 Å². The van der Waals surface area contributed by atoms with E-state index in [0.717, 1.165) is 42.3 Å². The molecule has 0 saturated carbocycles. The number of benzene rings is 2. The number of nitrogens with one attached hydrogen (secondary N) is 3. The highest BCUT2D eigenvalue weighted by molar-refractivity contribution is 5.94. The summed E-state index contributed by atoms with van der Waals surface area (Å²) < 4.78 is 5.33. The van der Waals surface area contributed by atoms with Gasteiger partial charge in [-0.1, -0.05) is 56.3 Å². The molecule has 1 saturated heterocycles. The number of nitrogens with zero attached hydrogens (tertiary/aromatic N) is 1. The number of ether oxygens (including phenoxy) is 1. The van der Waals surface area contributed by atoms with Crippen LogP contribution in [0, 0.1) is 5.92 Å². The van der Waals surface area contributed by atoms with Crippen molar-refractivity contribution in [3.05, 3.63) is 48.0 Å². The maximum atomic E-state index is 13.5. The summed E-state index contributed by atoms with van der Waals surface area (Å²) in [5, 5.41) is 21.7. The van der Waals surface area contributed by atoms with E-state index in [1.807, 2.05) is 42.5 Å². The molecule has 1 heterocycles. The van der Waals surface area contributed by atoms with Crippen LogP contribution in [-0.4, -0.2) is 84.8 Å². The Balaban J connectivity index is 0.00000588. The van der Waals surface area contributed by atoms with Gasteiger partial charge in [-0.3, -0.25) is 14.4 Å². The predicted octanol–water partition coefficient (Wildman–Crippen LogP) is 2.82. The zero-order valence-corrected chi connectivity index (χ0v) is 25.8. The van der Waals surface area contributed by atoms with Crippen LogP contribution >= 0.6 is 12.4 Å². The average Bonchev–Trinajstić information content (AvgIpc) is 3.32. The fraction of sp³-hybridized carbons (Fsp3) is 0.581. The lowest BCUT2D eigenvalue weighted by Crippen LogP contribution is -2.56. The van der Waals surface area contributed by atoms with Gasteiger partial charge >= 0.3 is 0 Å². The molecular weight excluding hydrogens is 544 g/mol. The van der Waals surface area contributed by atoms with Crippen molar-refractivity contribution in [1.29, 1.82) is 0 Å². The molecule has 0 spiro atoms. The van der Waals surface area contributed by atoms with E-state index in [-0.39, 0.29) is 37.2 Å². The molecular formula is C31H47ClN4O5. The quantitative estimate of drug-likeness (QED) is 0.251. The van der Waals surface area contributed by atoms with E-state index in [1.165, 1.54) is 12.0 Å². The third kappa shape index (κ3) is 9.95. The Morgan fingerprint density at radius 3 is 2.44 bits per heavy atom. The highest BCUT2D eigenvalue weighted by atomic mass is 35.5. The van der Waals surface area contributed by atoms with Crippen molar-refractivity contribution in [2.45, 2.75) is 77.2 Å². The van der Waals surface area contributed by atoms with Gasteiger partial charge in [-0.05, 0) is 62.0 Å². The topological polar surface area (TPSA) is 120 Å². The van der Waals surface area contributed by atoms with Crippen LogP contribution in [0.5, 0.6) is 0 Å². The Kier molecular flexibility index (Phi) is 13.5. The first-order valence-electron chi connectivity index (χ1n) is 14.3. The minimum absolute atomic E-state index is 0. The van der Waals surface area contributed by atoms with Crippen LogP contribution in [0.1, 0.15) is 52.5 Å². The molecule has 0 aromatic heterocycles. The number of likely N-dealkylation sites (tertiary alicyclic amines) is 1. The average molecular weight is 591 g/mol. The van der Waals surface area contributed by atoms with Gasteiger partial charge in [0.25, 0.3) is 5.91 Å². The van der Waals surface area contributed by atoms with E-state index < -0.39 is 29.7 Å². The van der Waals surface area contributed by atoms with Gasteiger partial charge in [0.2, 0.25) is 11.8 Å². The summed E-state index contributed by atoms with van der Waals surface area (Å²) in [5.74, 6) is -0.527. The number of hydrogen-bond donors (Lipinski definition) is 4. The molecule has 1 aliphatic heterocycles. The van der Waals surface area contributed by atoms with E-state index in [1.54, 1.807) is 13.8 Å². The molecule has 9 nitrogen and oxygen atoms in total. The van der Waals surface area contributed by atoms with Gasteiger partial charge in [0.1, 0.15) is 17.7 Å². The number of carbonyl (C=O) groups excluding carboxylic acids is 3. The van der Waals surface area contributed by atoms with Gasteiger partial charge in [0.15, 0.2) is 0 Å². The Labute approximate surface area is 250 Å². The van der Waals surface area contributed by atoms with Crippen molar-refractivity contribution in [3.8, 4) is 0 Å². The van der Waals surface area contributed by atoms with Crippen LogP contribution in [0.4, 0.5) is 0 Å². The molecule has 0 bridgehead atoms. The molecule has 0 radical (unpaired) electrons. The summed E-state index contributed by atoms with van der Waals surface area (Å²) in [6.07, 6.45) is 1.32. The van der Waals surface area contributed by atoms with Gasteiger partial charge in [-0.15, -0.1) is 12.4 Å². The number of halogens is 1. The summed E-state index contributed by atoms with van der Waals surface area (Å²) in [6.45, 7) is 9.97. The molecule has 2 aromatic carbocycles. The number of fused-ring (bicyclic) bond motifs is 1. The Hall–Kier alpha value is -2.72. The summed E-state index contributed by atoms with van der Waals surface area (Å²) in [5.41, 5.74) is -0.231. The highest BCUT2D eigenvalue weighted by Crippen LogP contribution is 2.24. The van der Waals surface area contributed by atoms with Gasteiger partial charge in [-0.25, -0.2) is 0 Å².